The molecule has 1 aromatic heterocycles. The molecule has 3 rings (SSSR count). The van der Waals surface area contributed by atoms with Crippen molar-refractivity contribution in [3.8, 4) is 5.75 Å². The second-order valence-electron chi connectivity index (χ2n) is 7.03. The molecule has 0 bridgehead atoms. The molecule has 1 saturated heterocycles. The fourth-order valence-electron chi connectivity index (χ4n) is 3.79. The van der Waals surface area contributed by atoms with Crippen LogP contribution < -0.4 is 4.74 Å². The minimum absolute atomic E-state index is 0.236. The summed E-state index contributed by atoms with van der Waals surface area (Å²) < 4.78 is 10.7. The van der Waals surface area contributed by atoms with Crippen LogP contribution in [-0.2, 0) is 24.4 Å². The average molecular weight is 391 g/mol. The van der Waals surface area contributed by atoms with E-state index >= 15 is 0 Å². The van der Waals surface area contributed by atoms with E-state index in [1.165, 1.54) is 10.4 Å². The van der Waals surface area contributed by atoms with Crippen molar-refractivity contribution >= 4 is 11.3 Å². The molecule has 1 atom stereocenters. The van der Waals surface area contributed by atoms with Crippen molar-refractivity contribution in [1.82, 2.24) is 9.80 Å². The van der Waals surface area contributed by atoms with Gasteiger partial charge in [0.2, 0.25) is 0 Å². The molecule has 2 aromatic rings. The normalized spacial score (nSPS) is 18.7. The van der Waals surface area contributed by atoms with Gasteiger partial charge in [0, 0.05) is 62.9 Å². The largest absolute Gasteiger partial charge is 0.496 e. The number of hydrogen-bond acceptors (Lipinski definition) is 6. The second-order valence-corrected chi connectivity index (χ2v) is 8.06. The quantitative estimate of drug-likeness (QED) is 0.713. The Balaban J connectivity index is 1.63. The molecule has 0 radical (unpaired) electrons. The summed E-state index contributed by atoms with van der Waals surface area (Å²) in [6.45, 7) is 5.74. The van der Waals surface area contributed by atoms with Crippen molar-refractivity contribution in [2.45, 2.75) is 32.2 Å². The number of aliphatic hydroxyl groups excluding tert-OH is 1. The fourth-order valence-corrected chi connectivity index (χ4v) is 4.52. The second kappa shape index (κ2) is 10.2. The summed E-state index contributed by atoms with van der Waals surface area (Å²) in [7, 11) is 3.40. The van der Waals surface area contributed by atoms with Gasteiger partial charge in [0.25, 0.3) is 0 Å². The lowest BCUT2D eigenvalue weighted by molar-refractivity contribution is 0.0506. The summed E-state index contributed by atoms with van der Waals surface area (Å²) >= 11 is 1.81. The Kier molecular flexibility index (Phi) is 7.67. The van der Waals surface area contributed by atoms with Crippen molar-refractivity contribution in [2.24, 2.45) is 0 Å². The van der Waals surface area contributed by atoms with E-state index < -0.39 is 0 Å². The zero-order valence-electron chi connectivity index (χ0n) is 16.3. The molecule has 148 valence electrons. The van der Waals surface area contributed by atoms with E-state index in [-0.39, 0.29) is 6.61 Å². The van der Waals surface area contributed by atoms with Crippen LogP contribution in [0.3, 0.4) is 0 Å². The number of nitrogens with zero attached hydrogens (tertiary/aromatic N) is 2. The summed E-state index contributed by atoms with van der Waals surface area (Å²) in [5.41, 5.74) is 2.36. The standard InChI is InChI=1S/C21H30N2O3S/c1-25-16-18-12-17(5-6-21(18)26-2)13-22-8-9-23(19(14-22)7-10-24)15-20-4-3-11-27-20/h3-6,11-12,19,24H,7-10,13-16H2,1-2H3. The summed E-state index contributed by atoms with van der Waals surface area (Å²) in [5.74, 6) is 0.875. The molecule has 1 fully saturated rings. The van der Waals surface area contributed by atoms with Crippen molar-refractivity contribution in [2.75, 3.05) is 40.5 Å². The van der Waals surface area contributed by atoms with Gasteiger partial charge in [0.1, 0.15) is 5.75 Å². The lowest BCUT2D eigenvalue weighted by Crippen LogP contribution is -2.52. The Bertz CT molecular complexity index is 693. The van der Waals surface area contributed by atoms with Gasteiger partial charge in [-0.1, -0.05) is 12.1 Å². The van der Waals surface area contributed by atoms with Gasteiger partial charge in [-0.3, -0.25) is 9.80 Å². The van der Waals surface area contributed by atoms with Crippen LogP contribution in [0.1, 0.15) is 22.4 Å². The zero-order chi connectivity index (χ0) is 19.1. The fraction of sp³-hybridized carbons (Fsp3) is 0.524. The molecule has 1 aliphatic rings. The lowest BCUT2D eigenvalue weighted by Gasteiger charge is -2.41. The predicted octanol–water partition coefficient (Wildman–Crippen LogP) is 2.97. The Morgan fingerprint density at radius 2 is 2.07 bits per heavy atom. The number of piperazine rings is 1. The van der Waals surface area contributed by atoms with Gasteiger partial charge in [-0.25, -0.2) is 0 Å². The average Bonchev–Trinajstić information content (AvgIpc) is 3.18. The first-order valence-electron chi connectivity index (χ1n) is 9.48. The molecule has 6 heteroatoms. The van der Waals surface area contributed by atoms with Gasteiger partial charge in [-0.2, -0.15) is 0 Å². The number of methoxy groups -OCH3 is 2. The smallest absolute Gasteiger partial charge is 0.124 e. The highest BCUT2D eigenvalue weighted by atomic mass is 32.1. The number of aliphatic hydroxyl groups is 1. The van der Waals surface area contributed by atoms with Crippen LogP contribution in [0.4, 0.5) is 0 Å². The summed E-state index contributed by atoms with van der Waals surface area (Å²) in [5, 5.41) is 11.7. The number of thiophene rings is 1. The predicted molar refractivity (Wildman–Crippen MR) is 109 cm³/mol. The number of rotatable bonds is 9. The van der Waals surface area contributed by atoms with Crippen LogP contribution in [0.25, 0.3) is 0 Å². The Hall–Kier alpha value is -1.44. The van der Waals surface area contributed by atoms with E-state index in [1.807, 2.05) is 17.4 Å². The molecule has 1 aromatic carbocycles. The first-order valence-corrected chi connectivity index (χ1v) is 10.4. The summed E-state index contributed by atoms with van der Waals surface area (Å²) in [6.07, 6.45) is 0.819. The SMILES string of the molecule is COCc1cc(CN2CCN(Cc3cccs3)C(CCO)C2)ccc1OC. The monoisotopic (exact) mass is 390 g/mol. The molecule has 27 heavy (non-hydrogen) atoms. The topological polar surface area (TPSA) is 45.2 Å². The maximum absolute atomic E-state index is 9.52. The number of benzene rings is 1. The Morgan fingerprint density at radius 3 is 2.78 bits per heavy atom. The number of ether oxygens (including phenoxy) is 2. The zero-order valence-corrected chi connectivity index (χ0v) is 17.1. The molecular formula is C21H30N2O3S. The molecule has 0 amide bonds. The molecule has 5 nitrogen and oxygen atoms in total. The van der Waals surface area contributed by atoms with Crippen molar-refractivity contribution < 1.29 is 14.6 Å². The minimum Gasteiger partial charge on any atom is -0.496 e. The molecule has 1 aliphatic heterocycles. The first-order chi connectivity index (χ1) is 13.2. The van der Waals surface area contributed by atoms with Crippen LogP contribution in [0.15, 0.2) is 35.7 Å². The minimum atomic E-state index is 0.236. The van der Waals surface area contributed by atoms with E-state index in [0.717, 1.165) is 50.5 Å². The van der Waals surface area contributed by atoms with E-state index in [9.17, 15) is 5.11 Å². The van der Waals surface area contributed by atoms with Crippen LogP contribution in [0.2, 0.25) is 0 Å². The first kappa shape index (κ1) is 20.3. The van der Waals surface area contributed by atoms with E-state index in [0.29, 0.717) is 12.6 Å². The molecular weight excluding hydrogens is 360 g/mol. The van der Waals surface area contributed by atoms with Gasteiger partial charge >= 0.3 is 0 Å². The Morgan fingerprint density at radius 1 is 1.19 bits per heavy atom. The van der Waals surface area contributed by atoms with Crippen LogP contribution >= 0.6 is 11.3 Å². The van der Waals surface area contributed by atoms with Crippen molar-refractivity contribution in [3.63, 3.8) is 0 Å². The van der Waals surface area contributed by atoms with Crippen LogP contribution in [0.5, 0.6) is 5.75 Å². The van der Waals surface area contributed by atoms with E-state index in [1.54, 1.807) is 14.2 Å². The van der Waals surface area contributed by atoms with E-state index in [2.05, 4.69) is 39.4 Å². The van der Waals surface area contributed by atoms with Gasteiger partial charge < -0.3 is 14.6 Å². The third-order valence-corrected chi connectivity index (χ3v) is 6.00. The molecule has 2 heterocycles. The van der Waals surface area contributed by atoms with Gasteiger partial charge in [0.05, 0.1) is 13.7 Å². The van der Waals surface area contributed by atoms with Gasteiger partial charge in [-0.15, -0.1) is 11.3 Å². The summed E-state index contributed by atoms with van der Waals surface area (Å²) in [4.78, 5) is 6.40. The third kappa shape index (κ3) is 5.53. The highest BCUT2D eigenvalue weighted by Crippen LogP contribution is 2.24. The molecule has 0 spiro atoms. The van der Waals surface area contributed by atoms with Crippen molar-refractivity contribution in [1.29, 1.82) is 0 Å². The van der Waals surface area contributed by atoms with Crippen LogP contribution in [-0.4, -0.2) is 61.4 Å². The van der Waals surface area contributed by atoms with Gasteiger partial charge in [0.15, 0.2) is 0 Å². The van der Waals surface area contributed by atoms with Crippen LogP contribution in [0, 0.1) is 0 Å². The highest BCUT2D eigenvalue weighted by Gasteiger charge is 2.27. The summed E-state index contributed by atoms with van der Waals surface area (Å²) in [6, 6.07) is 11.0. The maximum atomic E-state index is 9.52. The molecule has 0 aliphatic carbocycles. The number of hydrogen-bond donors (Lipinski definition) is 1. The maximum Gasteiger partial charge on any atom is 0.124 e. The van der Waals surface area contributed by atoms with E-state index in [4.69, 9.17) is 9.47 Å². The van der Waals surface area contributed by atoms with Crippen molar-refractivity contribution in [3.05, 3.63) is 51.7 Å². The molecule has 0 saturated carbocycles. The lowest BCUT2D eigenvalue weighted by atomic mass is 10.1. The third-order valence-electron chi connectivity index (χ3n) is 5.14. The molecule has 1 N–H and O–H groups in total. The molecule has 1 unspecified atom stereocenters. The Labute approximate surface area is 166 Å². The highest BCUT2D eigenvalue weighted by molar-refractivity contribution is 7.09. The van der Waals surface area contributed by atoms with Gasteiger partial charge in [-0.05, 0) is 35.6 Å².